The van der Waals surface area contributed by atoms with Crippen molar-refractivity contribution in [2.24, 2.45) is 0 Å². The Morgan fingerprint density at radius 3 is 2.36 bits per heavy atom. The molecular formula is C8H4ClNO. The van der Waals surface area contributed by atoms with Crippen LogP contribution in [-0.2, 0) is 0 Å². The van der Waals surface area contributed by atoms with Crippen molar-refractivity contribution in [2.75, 3.05) is 0 Å². The first kappa shape index (κ1) is 7.77. The van der Waals surface area contributed by atoms with E-state index in [1.54, 1.807) is 12.1 Å². The molecule has 11 heavy (non-hydrogen) atoms. The predicted octanol–water partition coefficient (Wildman–Crippen LogP) is 2.05. The molecule has 0 saturated carbocycles. The number of carbonyl (C=O) groups is 1. The first-order valence-corrected chi connectivity index (χ1v) is 3.32. The number of benzene rings is 1. The molecule has 1 aromatic carbocycles. The summed E-state index contributed by atoms with van der Waals surface area (Å²) in [7, 11) is 0. The largest absolute Gasteiger partial charge is 0.277 e. The van der Waals surface area contributed by atoms with Crippen molar-refractivity contribution in [3.8, 4) is 6.07 Å². The number of Topliss-reactive ketones (excluding diaryl/α,β-unsaturated/α-hetero) is 1. The van der Waals surface area contributed by atoms with Gasteiger partial charge in [-0.1, -0.05) is 11.6 Å². The second kappa shape index (κ2) is 3.18. The highest BCUT2D eigenvalue weighted by Gasteiger charge is 2.01. The lowest BCUT2D eigenvalue weighted by Gasteiger charge is -1.91. The van der Waals surface area contributed by atoms with Crippen LogP contribution in [-0.4, -0.2) is 5.78 Å². The summed E-state index contributed by atoms with van der Waals surface area (Å²) in [6, 6.07) is 7.71. The Kier molecular flexibility index (Phi) is 2.25. The van der Waals surface area contributed by atoms with Crippen LogP contribution in [0.15, 0.2) is 24.3 Å². The second-order valence-electron chi connectivity index (χ2n) is 1.95. The third kappa shape index (κ3) is 1.79. The van der Waals surface area contributed by atoms with Gasteiger partial charge in [0.2, 0.25) is 0 Å². The van der Waals surface area contributed by atoms with Gasteiger partial charge in [-0.25, -0.2) is 0 Å². The number of nitriles is 1. The van der Waals surface area contributed by atoms with Gasteiger partial charge in [-0.05, 0) is 24.3 Å². The Labute approximate surface area is 69.0 Å². The van der Waals surface area contributed by atoms with E-state index in [1.165, 1.54) is 18.2 Å². The molecule has 2 nitrogen and oxygen atoms in total. The average Bonchev–Trinajstić information content (AvgIpc) is 2.05. The van der Waals surface area contributed by atoms with Gasteiger partial charge in [0.05, 0.1) is 0 Å². The first-order chi connectivity index (χ1) is 5.24. The fourth-order valence-electron chi connectivity index (χ4n) is 0.666. The minimum absolute atomic E-state index is 0.372. The highest BCUT2D eigenvalue weighted by molar-refractivity contribution is 6.30. The van der Waals surface area contributed by atoms with Crippen molar-refractivity contribution in [1.29, 1.82) is 5.26 Å². The molecule has 0 radical (unpaired) electrons. The van der Waals surface area contributed by atoms with Gasteiger partial charge < -0.3 is 0 Å². The molecule has 0 bridgehead atoms. The van der Waals surface area contributed by atoms with Crippen LogP contribution >= 0.6 is 11.6 Å². The molecule has 0 aliphatic rings. The lowest BCUT2D eigenvalue weighted by Crippen LogP contribution is -1.92. The second-order valence-corrected chi connectivity index (χ2v) is 2.38. The van der Waals surface area contributed by atoms with E-state index < -0.39 is 5.78 Å². The minimum atomic E-state index is -0.540. The fraction of sp³-hybridized carbons (Fsp3) is 0. The summed E-state index contributed by atoms with van der Waals surface area (Å²) < 4.78 is 0. The van der Waals surface area contributed by atoms with Crippen LogP contribution in [0.5, 0.6) is 0 Å². The molecule has 0 spiro atoms. The quantitative estimate of drug-likeness (QED) is 0.472. The summed E-state index contributed by atoms with van der Waals surface area (Å²) in [6.07, 6.45) is 0. The molecule has 0 saturated heterocycles. The summed E-state index contributed by atoms with van der Waals surface area (Å²) in [4.78, 5) is 10.7. The molecule has 3 heteroatoms. The lowest BCUT2D eigenvalue weighted by molar-refractivity contribution is 0.105. The van der Waals surface area contributed by atoms with Crippen LogP contribution in [0.4, 0.5) is 0 Å². The van der Waals surface area contributed by atoms with Crippen LogP contribution in [0, 0.1) is 11.3 Å². The van der Waals surface area contributed by atoms with E-state index in [4.69, 9.17) is 16.9 Å². The topological polar surface area (TPSA) is 40.9 Å². The van der Waals surface area contributed by atoms with E-state index in [2.05, 4.69) is 0 Å². The zero-order valence-electron chi connectivity index (χ0n) is 5.54. The number of nitrogens with zero attached hydrogens (tertiary/aromatic N) is 1. The van der Waals surface area contributed by atoms with Gasteiger partial charge in [-0.15, -0.1) is 0 Å². The number of hydrogen-bond donors (Lipinski definition) is 0. The van der Waals surface area contributed by atoms with Crippen molar-refractivity contribution in [1.82, 2.24) is 0 Å². The smallest absolute Gasteiger partial charge is 0.262 e. The Morgan fingerprint density at radius 1 is 1.36 bits per heavy atom. The van der Waals surface area contributed by atoms with Crippen molar-refractivity contribution >= 4 is 17.4 Å². The number of halogens is 1. The Bertz CT molecular complexity index is 310. The summed E-state index contributed by atoms with van der Waals surface area (Å²) in [6.45, 7) is 0. The lowest BCUT2D eigenvalue weighted by atomic mass is 10.1. The Balaban J connectivity index is 3.01. The van der Waals surface area contributed by atoms with E-state index in [0.717, 1.165) is 0 Å². The van der Waals surface area contributed by atoms with Crippen LogP contribution in [0.1, 0.15) is 10.4 Å². The fourth-order valence-corrected chi connectivity index (χ4v) is 0.792. The normalized spacial score (nSPS) is 8.73. The van der Waals surface area contributed by atoms with E-state index in [-0.39, 0.29) is 0 Å². The third-order valence-corrected chi connectivity index (χ3v) is 1.46. The molecule has 0 atom stereocenters. The molecule has 0 aliphatic heterocycles. The first-order valence-electron chi connectivity index (χ1n) is 2.94. The monoisotopic (exact) mass is 165 g/mol. The Hall–Kier alpha value is -1.33. The van der Waals surface area contributed by atoms with E-state index >= 15 is 0 Å². The van der Waals surface area contributed by atoms with Crippen LogP contribution in [0.25, 0.3) is 0 Å². The number of ketones is 1. The summed E-state index contributed by atoms with van der Waals surface area (Å²) in [5, 5.41) is 8.78. The highest BCUT2D eigenvalue weighted by atomic mass is 35.5. The molecule has 0 N–H and O–H groups in total. The van der Waals surface area contributed by atoms with Gasteiger partial charge in [0.25, 0.3) is 5.78 Å². The maximum absolute atomic E-state index is 10.7. The maximum atomic E-state index is 10.7. The molecule has 1 aromatic rings. The average molecular weight is 166 g/mol. The minimum Gasteiger partial charge on any atom is -0.277 e. The molecular weight excluding hydrogens is 162 g/mol. The standard InChI is InChI=1S/C8H4ClNO/c9-7-3-1-6(2-4-7)8(11)5-10/h1-4H. The van der Waals surface area contributed by atoms with Gasteiger partial charge in [-0.2, -0.15) is 5.26 Å². The van der Waals surface area contributed by atoms with Crippen molar-refractivity contribution in [2.45, 2.75) is 0 Å². The van der Waals surface area contributed by atoms with E-state index in [9.17, 15) is 4.79 Å². The molecule has 0 heterocycles. The third-order valence-electron chi connectivity index (χ3n) is 1.21. The van der Waals surface area contributed by atoms with E-state index in [0.29, 0.717) is 10.6 Å². The summed E-state index contributed by atoms with van der Waals surface area (Å²) >= 11 is 5.57. The zero-order valence-corrected chi connectivity index (χ0v) is 6.30. The predicted molar refractivity (Wildman–Crippen MR) is 41.4 cm³/mol. The van der Waals surface area contributed by atoms with Gasteiger partial charge in [0.1, 0.15) is 6.07 Å². The number of hydrogen-bond acceptors (Lipinski definition) is 2. The Morgan fingerprint density at radius 2 is 1.91 bits per heavy atom. The van der Waals surface area contributed by atoms with Crippen molar-refractivity contribution in [3.63, 3.8) is 0 Å². The molecule has 1 rings (SSSR count). The molecule has 0 amide bonds. The van der Waals surface area contributed by atoms with Crippen molar-refractivity contribution in [3.05, 3.63) is 34.9 Å². The number of rotatable bonds is 1. The van der Waals surface area contributed by atoms with Gasteiger partial charge in [0, 0.05) is 10.6 Å². The maximum Gasteiger partial charge on any atom is 0.262 e. The molecule has 0 aliphatic carbocycles. The molecule has 0 unspecified atom stereocenters. The van der Waals surface area contributed by atoms with Crippen LogP contribution in [0.2, 0.25) is 5.02 Å². The van der Waals surface area contributed by atoms with Crippen LogP contribution < -0.4 is 0 Å². The number of carbonyl (C=O) groups excluding carboxylic acids is 1. The van der Waals surface area contributed by atoms with Gasteiger partial charge >= 0.3 is 0 Å². The molecule has 54 valence electrons. The van der Waals surface area contributed by atoms with E-state index in [1.807, 2.05) is 0 Å². The van der Waals surface area contributed by atoms with Crippen molar-refractivity contribution < 1.29 is 4.79 Å². The van der Waals surface area contributed by atoms with Gasteiger partial charge in [0.15, 0.2) is 0 Å². The SMILES string of the molecule is N#CC(=O)c1ccc(Cl)cc1. The zero-order chi connectivity index (χ0) is 8.27. The molecule has 0 fully saturated rings. The molecule has 0 aromatic heterocycles. The van der Waals surface area contributed by atoms with Gasteiger partial charge in [-0.3, -0.25) is 4.79 Å². The summed E-state index contributed by atoms with van der Waals surface area (Å²) in [5.74, 6) is -0.540. The highest BCUT2D eigenvalue weighted by Crippen LogP contribution is 2.09. The summed E-state index contributed by atoms with van der Waals surface area (Å²) in [5.41, 5.74) is 0.372. The van der Waals surface area contributed by atoms with Crippen LogP contribution in [0.3, 0.4) is 0 Å².